The largest absolute Gasteiger partial charge is 0.478 e. The summed E-state index contributed by atoms with van der Waals surface area (Å²) in [7, 11) is 0. The average molecular weight is 208 g/mol. The maximum absolute atomic E-state index is 11.1. The highest BCUT2D eigenvalue weighted by Gasteiger charge is 2.14. The third kappa shape index (κ3) is 2.46. The Morgan fingerprint density at radius 1 is 1.47 bits per heavy atom. The van der Waals surface area contributed by atoms with Crippen LogP contribution in [0.15, 0.2) is 12.3 Å². The molecule has 0 aliphatic carbocycles. The Kier molecular flexibility index (Phi) is 3.66. The topological polar surface area (TPSA) is 53.4 Å². The van der Waals surface area contributed by atoms with E-state index < -0.39 is 5.97 Å². The van der Waals surface area contributed by atoms with E-state index in [1.54, 1.807) is 19.2 Å². The van der Waals surface area contributed by atoms with E-state index in [0.717, 1.165) is 18.8 Å². The number of carboxylic acids is 1. The fourth-order valence-electron chi connectivity index (χ4n) is 1.54. The summed E-state index contributed by atoms with van der Waals surface area (Å²) in [5, 5.41) is 9.08. The molecular weight excluding hydrogens is 192 g/mol. The van der Waals surface area contributed by atoms with E-state index in [-0.39, 0.29) is 0 Å². The van der Waals surface area contributed by atoms with Gasteiger partial charge in [0.25, 0.3) is 0 Å². The van der Waals surface area contributed by atoms with Crippen LogP contribution < -0.4 is 4.90 Å². The lowest BCUT2D eigenvalue weighted by molar-refractivity contribution is 0.0697. The van der Waals surface area contributed by atoms with Crippen LogP contribution in [0.1, 0.15) is 29.9 Å². The quantitative estimate of drug-likeness (QED) is 0.821. The summed E-state index contributed by atoms with van der Waals surface area (Å²) in [6, 6.07) is 1.61. The Hall–Kier alpha value is -1.58. The van der Waals surface area contributed by atoms with Crippen molar-refractivity contribution in [2.75, 3.05) is 18.0 Å². The Morgan fingerprint density at radius 2 is 2.07 bits per heavy atom. The molecule has 0 aliphatic heterocycles. The number of rotatable bonds is 4. The minimum atomic E-state index is -0.901. The minimum Gasteiger partial charge on any atom is -0.478 e. The Morgan fingerprint density at radius 3 is 2.53 bits per heavy atom. The lowest BCUT2D eigenvalue weighted by Crippen LogP contribution is -2.24. The van der Waals surface area contributed by atoms with E-state index in [1.807, 2.05) is 18.7 Å². The SMILES string of the molecule is CCN(CC)c1cnc(C)cc1C(=O)O. The molecule has 0 spiro atoms. The lowest BCUT2D eigenvalue weighted by atomic mass is 10.2. The van der Waals surface area contributed by atoms with E-state index in [4.69, 9.17) is 5.11 Å². The molecule has 0 unspecified atom stereocenters. The van der Waals surface area contributed by atoms with Crippen molar-refractivity contribution in [1.29, 1.82) is 0 Å². The second-order valence-corrected chi connectivity index (χ2v) is 3.32. The summed E-state index contributed by atoms with van der Waals surface area (Å²) in [6.45, 7) is 7.34. The number of aromatic carboxylic acids is 1. The molecule has 1 N–H and O–H groups in total. The Balaban J connectivity index is 3.21. The van der Waals surface area contributed by atoms with E-state index >= 15 is 0 Å². The molecule has 0 fully saturated rings. The fraction of sp³-hybridized carbons (Fsp3) is 0.455. The van der Waals surface area contributed by atoms with Crippen molar-refractivity contribution < 1.29 is 9.90 Å². The molecule has 1 heterocycles. The van der Waals surface area contributed by atoms with Crippen LogP contribution in [0.2, 0.25) is 0 Å². The van der Waals surface area contributed by atoms with Crippen molar-refractivity contribution in [3.63, 3.8) is 0 Å². The van der Waals surface area contributed by atoms with E-state index in [2.05, 4.69) is 4.98 Å². The summed E-state index contributed by atoms with van der Waals surface area (Å²) < 4.78 is 0. The van der Waals surface area contributed by atoms with Crippen LogP contribution in [0.5, 0.6) is 0 Å². The first-order valence-electron chi connectivity index (χ1n) is 5.05. The van der Waals surface area contributed by atoms with Crippen LogP contribution in [0.4, 0.5) is 5.69 Å². The van der Waals surface area contributed by atoms with Gasteiger partial charge < -0.3 is 10.0 Å². The zero-order valence-electron chi connectivity index (χ0n) is 9.32. The van der Waals surface area contributed by atoms with E-state index in [0.29, 0.717) is 11.3 Å². The summed E-state index contributed by atoms with van der Waals surface area (Å²) >= 11 is 0. The Labute approximate surface area is 89.6 Å². The van der Waals surface area contributed by atoms with Gasteiger partial charge in [0.15, 0.2) is 0 Å². The molecular formula is C11H16N2O2. The number of carboxylic acid groups (broad SMARTS) is 1. The van der Waals surface area contributed by atoms with Crippen molar-refractivity contribution in [1.82, 2.24) is 4.98 Å². The number of carbonyl (C=O) groups is 1. The van der Waals surface area contributed by atoms with E-state index in [9.17, 15) is 4.79 Å². The second kappa shape index (κ2) is 4.77. The molecule has 4 heteroatoms. The lowest BCUT2D eigenvalue weighted by Gasteiger charge is -2.22. The highest BCUT2D eigenvalue weighted by molar-refractivity contribution is 5.94. The smallest absolute Gasteiger partial charge is 0.337 e. The predicted octanol–water partition coefficient (Wildman–Crippen LogP) is 1.93. The summed E-state index contributed by atoms with van der Waals surface area (Å²) in [4.78, 5) is 17.2. The average Bonchev–Trinajstić information content (AvgIpc) is 2.21. The molecule has 0 atom stereocenters. The van der Waals surface area contributed by atoms with Crippen molar-refractivity contribution in [3.8, 4) is 0 Å². The molecule has 0 aromatic carbocycles. The molecule has 15 heavy (non-hydrogen) atoms. The molecule has 0 aliphatic rings. The monoisotopic (exact) mass is 208 g/mol. The van der Waals surface area contributed by atoms with E-state index in [1.165, 1.54) is 0 Å². The first kappa shape index (κ1) is 11.5. The van der Waals surface area contributed by atoms with Gasteiger partial charge in [-0.3, -0.25) is 4.98 Å². The summed E-state index contributed by atoms with van der Waals surface area (Å²) in [5.74, 6) is -0.901. The molecule has 0 saturated carbocycles. The zero-order chi connectivity index (χ0) is 11.4. The first-order valence-corrected chi connectivity index (χ1v) is 5.05. The number of anilines is 1. The highest BCUT2D eigenvalue weighted by Crippen LogP contribution is 2.19. The van der Waals surface area contributed by atoms with Crippen LogP contribution >= 0.6 is 0 Å². The van der Waals surface area contributed by atoms with Gasteiger partial charge in [0.1, 0.15) is 0 Å². The van der Waals surface area contributed by atoms with Gasteiger partial charge in [-0.25, -0.2) is 4.79 Å². The number of hydrogen-bond acceptors (Lipinski definition) is 3. The predicted molar refractivity (Wildman–Crippen MR) is 59.5 cm³/mol. The third-order valence-electron chi connectivity index (χ3n) is 2.35. The molecule has 0 saturated heterocycles. The van der Waals surface area contributed by atoms with Gasteiger partial charge in [-0.15, -0.1) is 0 Å². The van der Waals surface area contributed by atoms with Crippen molar-refractivity contribution in [2.24, 2.45) is 0 Å². The maximum Gasteiger partial charge on any atom is 0.337 e. The van der Waals surface area contributed by atoms with Gasteiger partial charge >= 0.3 is 5.97 Å². The molecule has 1 rings (SSSR count). The molecule has 82 valence electrons. The zero-order valence-corrected chi connectivity index (χ0v) is 9.32. The third-order valence-corrected chi connectivity index (χ3v) is 2.35. The number of pyridine rings is 1. The van der Waals surface area contributed by atoms with Crippen LogP contribution in [0.3, 0.4) is 0 Å². The van der Waals surface area contributed by atoms with Gasteiger partial charge in [-0.05, 0) is 26.8 Å². The minimum absolute atomic E-state index is 0.325. The highest BCUT2D eigenvalue weighted by atomic mass is 16.4. The standard InChI is InChI=1S/C11H16N2O2/c1-4-13(5-2)10-7-12-8(3)6-9(10)11(14)15/h6-7H,4-5H2,1-3H3,(H,14,15). The number of aryl methyl sites for hydroxylation is 1. The molecule has 4 nitrogen and oxygen atoms in total. The Bertz CT molecular complexity index is 360. The van der Waals surface area contributed by atoms with Crippen LogP contribution in [-0.2, 0) is 0 Å². The molecule has 0 bridgehead atoms. The van der Waals surface area contributed by atoms with Gasteiger partial charge in [-0.2, -0.15) is 0 Å². The van der Waals surface area contributed by atoms with Gasteiger partial charge in [0.2, 0.25) is 0 Å². The van der Waals surface area contributed by atoms with Gasteiger partial charge in [0.05, 0.1) is 17.4 Å². The number of hydrogen-bond donors (Lipinski definition) is 1. The summed E-state index contributed by atoms with van der Waals surface area (Å²) in [6.07, 6.45) is 1.63. The van der Waals surface area contributed by atoms with Crippen molar-refractivity contribution in [3.05, 3.63) is 23.5 Å². The van der Waals surface area contributed by atoms with Crippen molar-refractivity contribution in [2.45, 2.75) is 20.8 Å². The van der Waals surface area contributed by atoms with Crippen molar-refractivity contribution >= 4 is 11.7 Å². The number of nitrogens with zero attached hydrogens (tertiary/aromatic N) is 2. The molecule has 0 radical (unpaired) electrons. The normalized spacial score (nSPS) is 10.1. The molecule has 1 aromatic heterocycles. The molecule has 1 aromatic rings. The van der Waals surface area contributed by atoms with Gasteiger partial charge in [0, 0.05) is 18.8 Å². The molecule has 0 amide bonds. The van der Waals surface area contributed by atoms with Gasteiger partial charge in [-0.1, -0.05) is 0 Å². The van der Waals surface area contributed by atoms with Crippen LogP contribution in [0, 0.1) is 6.92 Å². The first-order chi connectivity index (χ1) is 7.10. The maximum atomic E-state index is 11.1. The van der Waals surface area contributed by atoms with Crippen LogP contribution in [0.25, 0.3) is 0 Å². The second-order valence-electron chi connectivity index (χ2n) is 3.32. The fourth-order valence-corrected chi connectivity index (χ4v) is 1.54. The summed E-state index contributed by atoms with van der Waals surface area (Å²) in [5.41, 5.74) is 1.74. The number of aromatic nitrogens is 1. The van der Waals surface area contributed by atoms with Crippen LogP contribution in [-0.4, -0.2) is 29.1 Å².